The second-order valence-electron chi connectivity index (χ2n) is 4.99. The highest BCUT2D eigenvalue weighted by atomic mass is 19.1. The monoisotopic (exact) mass is 271 g/mol. The van der Waals surface area contributed by atoms with Crippen LogP contribution in [0.5, 0.6) is 5.75 Å². The van der Waals surface area contributed by atoms with Crippen molar-refractivity contribution < 1.29 is 13.5 Å². The molecule has 0 amide bonds. The van der Waals surface area contributed by atoms with Crippen LogP contribution in [0.25, 0.3) is 0 Å². The molecule has 2 nitrogen and oxygen atoms in total. The maximum absolute atomic E-state index is 13.6. The van der Waals surface area contributed by atoms with Crippen molar-refractivity contribution in [3.8, 4) is 5.75 Å². The standard InChI is InChI=1S/C15H23F2NO/c1-11(2)18-8-6-4-5-7-13-14(16)9-12(19-3)10-15(13)17/h9-11,18H,4-8H2,1-3H3. The van der Waals surface area contributed by atoms with E-state index in [0.29, 0.717) is 12.5 Å². The molecular formula is C15H23F2NO. The van der Waals surface area contributed by atoms with Gasteiger partial charge < -0.3 is 10.1 Å². The van der Waals surface area contributed by atoms with Crippen LogP contribution in [0.1, 0.15) is 38.7 Å². The van der Waals surface area contributed by atoms with Crippen molar-refractivity contribution in [3.05, 3.63) is 29.3 Å². The highest BCUT2D eigenvalue weighted by molar-refractivity contribution is 5.30. The van der Waals surface area contributed by atoms with E-state index in [1.807, 2.05) is 0 Å². The number of halogens is 2. The number of hydrogen-bond acceptors (Lipinski definition) is 2. The molecule has 1 aromatic rings. The third-order valence-electron chi connectivity index (χ3n) is 3.01. The molecule has 1 aromatic carbocycles. The summed E-state index contributed by atoms with van der Waals surface area (Å²) in [6.45, 7) is 5.15. The molecule has 0 aliphatic heterocycles. The molecule has 0 spiro atoms. The SMILES string of the molecule is COc1cc(F)c(CCCCCNC(C)C)c(F)c1. The van der Waals surface area contributed by atoms with Crippen LogP contribution >= 0.6 is 0 Å². The van der Waals surface area contributed by atoms with E-state index in [1.54, 1.807) is 0 Å². The predicted molar refractivity (Wildman–Crippen MR) is 73.6 cm³/mol. The summed E-state index contributed by atoms with van der Waals surface area (Å²) in [7, 11) is 1.40. The zero-order valence-electron chi connectivity index (χ0n) is 11.9. The second kappa shape index (κ2) is 8.10. The summed E-state index contributed by atoms with van der Waals surface area (Å²) < 4.78 is 32.1. The van der Waals surface area contributed by atoms with Gasteiger partial charge in [-0.3, -0.25) is 0 Å². The van der Waals surface area contributed by atoms with E-state index in [2.05, 4.69) is 19.2 Å². The first-order valence-corrected chi connectivity index (χ1v) is 6.80. The lowest BCUT2D eigenvalue weighted by molar-refractivity contribution is 0.405. The Kier molecular flexibility index (Phi) is 6.78. The second-order valence-corrected chi connectivity index (χ2v) is 4.99. The first kappa shape index (κ1) is 15.9. The zero-order valence-corrected chi connectivity index (χ0v) is 11.9. The van der Waals surface area contributed by atoms with Gasteiger partial charge in [0.05, 0.1) is 7.11 Å². The Hall–Kier alpha value is -1.16. The lowest BCUT2D eigenvalue weighted by Gasteiger charge is -2.09. The highest BCUT2D eigenvalue weighted by Gasteiger charge is 2.11. The van der Waals surface area contributed by atoms with Crippen molar-refractivity contribution >= 4 is 0 Å². The Morgan fingerprint density at radius 2 is 1.74 bits per heavy atom. The van der Waals surface area contributed by atoms with Gasteiger partial charge in [-0.2, -0.15) is 0 Å². The molecule has 0 unspecified atom stereocenters. The smallest absolute Gasteiger partial charge is 0.133 e. The molecule has 1 N–H and O–H groups in total. The van der Waals surface area contributed by atoms with E-state index in [9.17, 15) is 8.78 Å². The largest absolute Gasteiger partial charge is 0.497 e. The lowest BCUT2D eigenvalue weighted by atomic mass is 10.1. The summed E-state index contributed by atoms with van der Waals surface area (Å²) in [4.78, 5) is 0. The Balaban J connectivity index is 2.37. The summed E-state index contributed by atoms with van der Waals surface area (Å²) >= 11 is 0. The number of methoxy groups -OCH3 is 1. The van der Waals surface area contributed by atoms with E-state index in [1.165, 1.54) is 19.2 Å². The third-order valence-corrected chi connectivity index (χ3v) is 3.01. The molecule has 0 aliphatic rings. The van der Waals surface area contributed by atoms with Crippen LogP contribution in [0, 0.1) is 11.6 Å². The van der Waals surface area contributed by atoms with E-state index >= 15 is 0 Å². The number of nitrogens with one attached hydrogen (secondary N) is 1. The third kappa shape index (κ3) is 5.55. The molecule has 0 aliphatic carbocycles. The Morgan fingerprint density at radius 3 is 2.26 bits per heavy atom. The molecule has 0 atom stereocenters. The van der Waals surface area contributed by atoms with Gasteiger partial charge in [-0.15, -0.1) is 0 Å². The molecule has 108 valence electrons. The minimum Gasteiger partial charge on any atom is -0.497 e. The molecule has 19 heavy (non-hydrogen) atoms. The molecular weight excluding hydrogens is 248 g/mol. The maximum atomic E-state index is 13.6. The molecule has 0 aromatic heterocycles. The minimum absolute atomic E-state index is 0.164. The van der Waals surface area contributed by atoms with Crippen molar-refractivity contribution in [1.82, 2.24) is 5.32 Å². The first-order valence-electron chi connectivity index (χ1n) is 6.80. The van der Waals surface area contributed by atoms with Crippen molar-refractivity contribution in [1.29, 1.82) is 0 Å². The number of hydrogen-bond donors (Lipinski definition) is 1. The number of benzene rings is 1. The molecule has 0 fully saturated rings. The number of ether oxygens (including phenoxy) is 1. The van der Waals surface area contributed by atoms with Crippen LogP contribution < -0.4 is 10.1 Å². The minimum atomic E-state index is -0.517. The summed E-state index contributed by atoms with van der Waals surface area (Å²) in [5.74, 6) is -0.811. The molecule has 0 radical (unpaired) electrons. The Labute approximate surface area is 114 Å². The molecule has 0 saturated carbocycles. The van der Waals surface area contributed by atoms with Crippen molar-refractivity contribution in [2.24, 2.45) is 0 Å². The number of rotatable bonds is 8. The average Bonchev–Trinajstić information content (AvgIpc) is 2.35. The first-order chi connectivity index (χ1) is 9.04. The fourth-order valence-corrected chi connectivity index (χ4v) is 1.93. The van der Waals surface area contributed by atoms with Crippen LogP contribution in [-0.2, 0) is 6.42 Å². The van der Waals surface area contributed by atoms with Gasteiger partial charge >= 0.3 is 0 Å². The van der Waals surface area contributed by atoms with Gasteiger partial charge in [-0.05, 0) is 25.8 Å². The molecule has 4 heteroatoms. The van der Waals surface area contributed by atoms with E-state index in [4.69, 9.17) is 4.74 Å². The van der Waals surface area contributed by atoms with Crippen molar-refractivity contribution in [2.75, 3.05) is 13.7 Å². The normalized spacial score (nSPS) is 11.1. The van der Waals surface area contributed by atoms with Crippen molar-refractivity contribution in [2.45, 2.75) is 45.6 Å². The van der Waals surface area contributed by atoms with Gasteiger partial charge in [0.2, 0.25) is 0 Å². The highest BCUT2D eigenvalue weighted by Crippen LogP contribution is 2.22. The Morgan fingerprint density at radius 1 is 1.11 bits per heavy atom. The van der Waals surface area contributed by atoms with E-state index < -0.39 is 11.6 Å². The molecule has 1 rings (SSSR count). The van der Waals surface area contributed by atoms with E-state index in [0.717, 1.165) is 25.8 Å². The molecule has 0 heterocycles. The van der Waals surface area contributed by atoms with Gasteiger partial charge in [0, 0.05) is 23.7 Å². The van der Waals surface area contributed by atoms with Crippen LogP contribution in [0.4, 0.5) is 8.78 Å². The average molecular weight is 271 g/mol. The summed E-state index contributed by atoms with van der Waals surface area (Å²) in [5.41, 5.74) is 0.164. The lowest BCUT2D eigenvalue weighted by Crippen LogP contribution is -2.23. The van der Waals surface area contributed by atoms with Crippen LogP contribution in [0.3, 0.4) is 0 Å². The fraction of sp³-hybridized carbons (Fsp3) is 0.600. The number of unbranched alkanes of at least 4 members (excludes halogenated alkanes) is 2. The summed E-state index contributed by atoms with van der Waals surface area (Å²) in [6, 6.07) is 2.95. The molecule has 0 bridgehead atoms. The van der Waals surface area contributed by atoms with Crippen LogP contribution in [0.15, 0.2) is 12.1 Å². The van der Waals surface area contributed by atoms with Gasteiger partial charge in [0.1, 0.15) is 17.4 Å². The van der Waals surface area contributed by atoms with Gasteiger partial charge in [0.25, 0.3) is 0 Å². The maximum Gasteiger partial charge on any atom is 0.133 e. The van der Waals surface area contributed by atoms with Crippen LogP contribution in [0.2, 0.25) is 0 Å². The van der Waals surface area contributed by atoms with Crippen molar-refractivity contribution in [3.63, 3.8) is 0 Å². The predicted octanol–water partition coefficient (Wildman–Crippen LogP) is 3.68. The van der Waals surface area contributed by atoms with Crippen LogP contribution in [-0.4, -0.2) is 19.7 Å². The van der Waals surface area contributed by atoms with Gasteiger partial charge in [-0.1, -0.05) is 20.3 Å². The fourth-order valence-electron chi connectivity index (χ4n) is 1.93. The van der Waals surface area contributed by atoms with Gasteiger partial charge in [-0.25, -0.2) is 8.78 Å². The quantitative estimate of drug-likeness (QED) is 0.728. The summed E-state index contributed by atoms with van der Waals surface area (Å²) in [6.07, 6.45) is 3.21. The van der Waals surface area contributed by atoms with E-state index in [-0.39, 0.29) is 11.3 Å². The topological polar surface area (TPSA) is 21.3 Å². The van der Waals surface area contributed by atoms with Gasteiger partial charge in [0.15, 0.2) is 0 Å². The Bertz CT molecular complexity index is 371. The zero-order chi connectivity index (χ0) is 14.3. The molecule has 0 saturated heterocycles. The summed E-state index contributed by atoms with van der Waals surface area (Å²) in [5, 5.41) is 3.32.